The molecule has 1 aromatic carbocycles. The third kappa shape index (κ3) is 4.18. The predicted octanol–water partition coefficient (Wildman–Crippen LogP) is 3.31. The summed E-state index contributed by atoms with van der Waals surface area (Å²) in [5, 5.41) is 12.2. The number of halogens is 2. The van der Waals surface area contributed by atoms with Gasteiger partial charge in [-0.1, -0.05) is 44.9 Å². The molecule has 3 unspecified atom stereocenters. The van der Waals surface area contributed by atoms with Gasteiger partial charge in [0.1, 0.15) is 5.82 Å². The topological polar surface area (TPSA) is 49.3 Å². The van der Waals surface area contributed by atoms with Crippen molar-refractivity contribution in [3.63, 3.8) is 0 Å². The highest BCUT2D eigenvalue weighted by Crippen LogP contribution is 2.21. The van der Waals surface area contributed by atoms with Crippen LogP contribution in [-0.2, 0) is 4.79 Å². The maximum Gasteiger partial charge on any atom is 0.223 e. The van der Waals surface area contributed by atoms with E-state index in [0.717, 1.165) is 6.42 Å². The van der Waals surface area contributed by atoms with Crippen LogP contribution in [0.5, 0.6) is 0 Å². The van der Waals surface area contributed by atoms with Gasteiger partial charge in [-0.2, -0.15) is 0 Å². The minimum Gasteiger partial charge on any atom is -0.394 e. The van der Waals surface area contributed by atoms with Crippen molar-refractivity contribution in [3.05, 3.63) is 34.6 Å². The summed E-state index contributed by atoms with van der Waals surface area (Å²) in [6.07, 6.45) is 0.897. The van der Waals surface area contributed by atoms with E-state index in [4.69, 9.17) is 11.6 Å². The molecule has 0 aromatic heterocycles. The Bertz CT molecular complexity index is 467. The number of hydrogen-bond acceptors (Lipinski definition) is 2. The summed E-state index contributed by atoms with van der Waals surface area (Å²) in [6.45, 7) is 5.58. The summed E-state index contributed by atoms with van der Waals surface area (Å²) in [5.41, 5.74) is 0.499. The van der Waals surface area contributed by atoms with Crippen LogP contribution < -0.4 is 5.32 Å². The van der Waals surface area contributed by atoms with Crippen molar-refractivity contribution in [2.24, 2.45) is 11.8 Å². The zero-order valence-corrected chi connectivity index (χ0v) is 12.7. The van der Waals surface area contributed by atoms with Crippen LogP contribution in [0.25, 0.3) is 0 Å². The lowest BCUT2D eigenvalue weighted by Gasteiger charge is -2.22. The van der Waals surface area contributed by atoms with Crippen molar-refractivity contribution in [2.75, 3.05) is 6.61 Å². The van der Waals surface area contributed by atoms with Gasteiger partial charge in [0.25, 0.3) is 0 Å². The highest BCUT2D eigenvalue weighted by atomic mass is 35.5. The van der Waals surface area contributed by atoms with Gasteiger partial charge in [0.2, 0.25) is 5.91 Å². The smallest absolute Gasteiger partial charge is 0.223 e. The van der Waals surface area contributed by atoms with E-state index < -0.39 is 11.9 Å². The lowest BCUT2D eigenvalue weighted by molar-refractivity contribution is -0.127. The first-order valence-electron chi connectivity index (χ1n) is 6.76. The van der Waals surface area contributed by atoms with E-state index in [2.05, 4.69) is 5.32 Å². The van der Waals surface area contributed by atoms with Crippen LogP contribution >= 0.6 is 11.6 Å². The van der Waals surface area contributed by atoms with E-state index in [-0.39, 0.29) is 29.4 Å². The van der Waals surface area contributed by atoms with Crippen LogP contribution in [-0.4, -0.2) is 17.6 Å². The van der Waals surface area contributed by atoms with Crippen LogP contribution in [0.3, 0.4) is 0 Å². The number of amides is 1. The number of carbonyl (C=O) groups is 1. The zero-order chi connectivity index (χ0) is 15.3. The Labute approximate surface area is 124 Å². The molecule has 0 heterocycles. The molecule has 0 bridgehead atoms. The number of aliphatic hydroxyl groups is 1. The van der Waals surface area contributed by atoms with Gasteiger partial charge in [-0.3, -0.25) is 4.79 Å². The number of nitrogens with one attached hydrogen (secondary N) is 1. The third-order valence-corrected chi connectivity index (χ3v) is 4.06. The Morgan fingerprint density at radius 1 is 1.45 bits per heavy atom. The van der Waals surface area contributed by atoms with Crippen molar-refractivity contribution < 1.29 is 14.3 Å². The van der Waals surface area contributed by atoms with Gasteiger partial charge in [-0.25, -0.2) is 4.39 Å². The van der Waals surface area contributed by atoms with Crippen LogP contribution in [0.15, 0.2) is 18.2 Å². The second-order valence-electron chi connectivity index (χ2n) is 5.09. The molecule has 5 heteroatoms. The number of hydrogen-bond donors (Lipinski definition) is 2. The van der Waals surface area contributed by atoms with Crippen LogP contribution in [0.4, 0.5) is 4.39 Å². The molecule has 0 radical (unpaired) electrons. The van der Waals surface area contributed by atoms with E-state index in [1.165, 1.54) is 12.1 Å². The van der Waals surface area contributed by atoms with E-state index >= 15 is 0 Å². The van der Waals surface area contributed by atoms with Crippen molar-refractivity contribution >= 4 is 17.5 Å². The molecule has 112 valence electrons. The molecule has 0 aliphatic rings. The second kappa shape index (κ2) is 7.60. The average Bonchev–Trinajstić information content (AvgIpc) is 2.45. The lowest BCUT2D eigenvalue weighted by Crippen LogP contribution is -2.36. The van der Waals surface area contributed by atoms with E-state index in [1.807, 2.05) is 20.8 Å². The van der Waals surface area contributed by atoms with Crippen molar-refractivity contribution in [1.29, 1.82) is 0 Å². The minimum absolute atomic E-state index is 0.0183. The Morgan fingerprint density at radius 3 is 2.60 bits per heavy atom. The summed E-state index contributed by atoms with van der Waals surface area (Å²) >= 11 is 5.62. The van der Waals surface area contributed by atoms with Crippen LogP contribution in [0.2, 0.25) is 5.02 Å². The van der Waals surface area contributed by atoms with Gasteiger partial charge in [-0.15, -0.1) is 0 Å². The predicted molar refractivity (Wildman–Crippen MR) is 78.0 cm³/mol. The first-order valence-corrected chi connectivity index (χ1v) is 7.14. The quantitative estimate of drug-likeness (QED) is 0.847. The summed E-state index contributed by atoms with van der Waals surface area (Å²) in [7, 11) is 0. The van der Waals surface area contributed by atoms with Crippen molar-refractivity contribution in [2.45, 2.75) is 33.2 Å². The minimum atomic E-state index is -0.624. The summed E-state index contributed by atoms with van der Waals surface area (Å²) in [6, 6.07) is 3.62. The summed E-state index contributed by atoms with van der Waals surface area (Å²) in [4.78, 5) is 12.1. The summed E-state index contributed by atoms with van der Waals surface area (Å²) in [5.74, 6) is -0.622. The molecular formula is C15H21ClFNO2. The molecule has 3 nitrogen and oxygen atoms in total. The van der Waals surface area contributed by atoms with Crippen LogP contribution in [0, 0.1) is 17.7 Å². The SMILES string of the molecule is CCC(C)C(C)C(=O)NC(CO)c1ccc(Cl)c(F)c1. The summed E-state index contributed by atoms with van der Waals surface area (Å²) < 4.78 is 13.4. The Hall–Kier alpha value is -1.13. The first kappa shape index (κ1) is 16.9. The molecule has 0 spiro atoms. The molecule has 1 rings (SSSR count). The van der Waals surface area contributed by atoms with Crippen LogP contribution in [0.1, 0.15) is 38.8 Å². The molecule has 0 aliphatic heterocycles. The van der Waals surface area contributed by atoms with Gasteiger partial charge in [-0.05, 0) is 23.6 Å². The zero-order valence-electron chi connectivity index (χ0n) is 12.0. The molecule has 20 heavy (non-hydrogen) atoms. The lowest BCUT2D eigenvalue weighted by atomic mass is 9.92. The average molecular weight is 302 g/mol. The highest BCUT2D eigenvalue weighted by molar-refractivity contribution is 6.30. The fraction of sp³-hybridized carbons (Fsp3) is 0.533. The van der Waals surface area contributed by atoms with Gasteiger partial charge in [0.05, 0.1) is 17.7 Å². The molecule has 0 fully saturated rings. The van der Waals surface area contributed by atoms with Crippen molar-refractivity contribution in [3.8, 4) is 0 Å². The van der Waals surface area contributed by atoms with Gasteiger partial charge in [0, 0.05) is 5.92 Å². The molecular weight excluding hydrogens is 281 g/mol. The Kier molecular flexibility index (Phi) is 6.43. The molecule has 2 N–H and O–H groups in total. The molecule has 0 saturated carbocycles. The van der Waals surface area contributed by atoms with E-state index in [0.29, 0.717) is 5.56 Å². The van der Waals surface area contributed by atoms with E-state index in [9.17, 15) is 14.3 Å². The Balaban J connectivity index is 2.81. The second-order valence-corrected chi connectivity index (χ2v) is 5.50. The molecule has 3 atom stereocenters. The molecule has 0 aliphatic carbocycles. The van der Waals surface area contributed by atoms with Gasteiger partial charge < -0.3 is 10.4 Å². The molecule has 1 aromatic rings. The largest absolute Gasteiger partial charge is 0.394 e. The maximum absolute atomic E-state index is 13.4. The number of rotatable bonds is 6. The standard InChI is InChI=1S/C15H21ClFNO2/c1-4-9(2)10(3)15(20)18-14(8-19)11-5-6-12(16)13(17)7-11/h5-7,9-10,14,19H,4,8H2,1-3H3,(H,18,20). The maximum atomic E-state index is 13.4. The molecule has 0 saturated heterocycles. The Morgan fingerprint density at radius 2 is 2.10 bits per heavy atom. The first-order chi connectivity index (χ1) is 9.40. The van der Waals surface area contributed by atoms with Gasteiger partial charge >= 0.3 is 0 Å². The number of aliphatic hydroxyl groups excluding tert-OH is 1. The number of benzene rings is 1. The highest BCUT2D eigenvalue weighted by Gasteiger charge is 2.22. The fourth-order valence-electron chi connectivity index (χ4n) is 1.88. The monoisotopic (exact) mass is 301 g/mol. The number of carbonyl (C=O) groups excluding carboxylic acids is 1. The van der Waals surface area contributed by atoms with E-state index in [1.54, 1.807) is 6.07 Å². The fourth-order valence-corrected chi connectivity index (χ4v) is 2.00. The third-order valence-electron chi connectivity index (χ3n) is 3.76. The van der Waals surface area contributed by atoms with Gasteiger partial charge in [0.15, 0.2) is 0 Å². The molecule has 1 amide bonds. The normalized spacial score (nSPS) is 15.5. The van der Waals surface area contributed by atoms with Crippen molar-refractivity contribution in [1.82, 2.24) is 5.32 Å².